The molecule has 1 unspecified atom stereocenters. The first kappa shape index (κ1) is 15.7. The van der Waals surface area contributed by atoms with Gasteiger partial charge in [0, 0.05) is 21.3 Å². The van der Waals surface area contributed by atoms with Gasteiger partial charge in [0.15, 0.2) is 0 Å². The van der Waals surface area contributed by atoms with Gasteiger partial charge in [-0.1, -0.05) is 39.7 Å². The summed E-state index contributed by atoms with van der Waals surface area (Å²) in [6.45, 7) is 0. The summed E-state index contributed by atoms with van der Waals surface area (Å²) in [4.78, 5) is 0. The summed E-state index contributed by atoms with van der Waals surface area (Å²) in [5.74, 6) is 1.67. The average Bonchev–Trinajstić information content (AvgIpc) is 2.46. The molecule has 0 fully saturated rings. The number of methoxy groups -OCH3 is 1. The molecule has 1 nitrogen and oxygen atoms in total. The van der Waals surface area contributed by atoms with E-state index in [0.717, 1.165) is 27.2 Å². The number of hydrogen-bond donors (Lipinski definition) is 0. The van der Waals surface area contributed by atoms with E-state index >= 15 is 0 Å². The zero-order valence-corrected chi connectivity index (χ0v) is 14.2. The van der Waals surface area contributed by atoms with E-state index < -0.39 is 0 Å². The van der Waals surface area contributed by atoms with Crippen molar-refractivity contribution in [2.75, 3.05) is 13.0 Å². The first-order chi connectivity index (χ1) is 9.63. The molecule has 0 amide bonds. The van der Waals surface area contributed by atoms with Gasteiger partial charge in [0.05, 0.1) is 7.11 Å². The van der Waals surface area contributed by atoms with Crippen molar-refractivity contribution in [2.24, 2.45) is 0 Å². The predicted octanol–water partition coefficient (Wildman–Crippen LogP) is 5.68. The molecular weight excluding hydrogens is 359 g/mol. The minimum absolute atomic E-state index is 0.233. The molecule has 4 heteroatoms. The van der Waals surface area contributed by atoms with Crippen LogP contribution in [0, 0.1) is 0 Å². The number of halogens is 3. The van der Waals surface area contributed by atoms with Crippen LogP contribution in [0.15, 0.2) is 46.9 Å². The summed E-state index contributed by atoms with van der Waals surface area (Å²) in [7, 11) is 1.69. The molecule has 0 saturated carbocycles. The molecule has 1 atom stereocenters. The maximum absolute atomic E-state index is 6.14. The van der Waals surface area contributed by atoms with E-state index in [4.69, 9.17) is 27.9 Å². The first-order valence-corrected chi connectivity index (χ1v) is 7.98. The topological polar surface area (TPSA) is 9.23 Å². The van der Waals surface area contributed by atoms with Crippen LogP contribution >= 0.6 is 39.1 Å². The summed E-state index contributed by atoms with van der Waals surface area (Å²) in [6, 6.07) is 13.9. The lowest BCUT2D eigenvalue weighted by Gasteiger charge is -2.17. The van der Waals surface area contributed by atoms with E-state index in [-0.39, 0.29) is 5.92 Å². The largest absolute Gasteiger partial charge is 0.496 e. The van der Waals surface area contributed by atoms with Crippen molar-refractivity contribution in [1.29, 1.82) is 0 Å². The fraction of sp³-hybridized carbons (Fsp3) is 0.250. The Kier molecular flexibility index (Phi) is 5.76. The smallest absolute Gasteiger partial charge is 0.122 e. The molecule has 0 radical (unpaired) electrons. The third kappa shape index (κ3) is 3.91. The van der Waals surface area contributed by atoms with Crippen molar-refractivity contribution in [3.05, 3.63) is 63.1 Å². The minimum Gasteiger partial charge on any atom is -0.496 e. The van der Waals surface area contributed by atoms with Crippen LogP contribution in [-0.2, 0) is 6.42 Å². The fourth-order valence-electron chi connectivity index (χ4n) is 2.17. The normalized spacial score (nSPS) is 12.2. The Morgan fingerprint density at radius 2 is 1.85 bits per heavy atom. The third-order valence-corrected chi connectivity index (χ3v) is 4.35. The quantitative estimate of drug-likeness (QED) is 0.613. The van der Waals surface area contributed by atoms with Gasteiger partial charge in [-0.05, 0) is 47.9 Å². The minimum atomic E-state index is 0.233. The lowest BCUT2D eigenvalue weighted by molar-refractivity contribution is 0.408. The Bertz CT molecular complexity index is 569. The van der Waals surface area contributed by atoms with Gasteiger partial charge >= 0.3 is 0 Å². The predicted molar refractivity (Wildman–Crippen MR) is 89.3 cm³/mol. The van der Waals surface area contributed by atoms with E-state index in [1.807, 2.05) is 36.4 Å². The standard InChI is InChI=1S/C16H15BrCl2O/c1-20-16-7-4-14(17)9-12(16)8-13(10-18)11-2-5-15(19)6-3-11/h2-7,9,13H,8,10H2,1H3. The molecule has 2 aromatic rings. The molecule has 0 aliphatic carbocycles. The first-order valence-electron chi connectivity index (χ1n) is 6.28. The summed E-state index contributed by atoms with van der Waals surface area (Å²) in [5, 5.41) is 0.738. The fourth-order valence-corrected chi connectivity index (χ4v) is 2.99. The third-order valence-electron chi connectivity index (χ3n) is 3.24. The van der Waals surface area contributed by atoms with Crippen LogP contribution in [0.3, 0.4) is 0 Å². The van der Waals surface area contributed by atoms with Gasteiger partial charge in [0.25, 0.3) is 0 Å². The van der Waals surface area contributed by atoms with Crippen molar-refractivity contribution in [1.82, 2.24) is 0 Å². The second-order valence-electron chi connectivity index (χ2n) is 4.56. The summed E-state index contributed by atoms with van der Waals surface area (Å²) < 4.78 is 6.46. The monoisotopic (exact) mass is 372 g/mol. The molecule has 2 aromatic carbocycles. The van der Waals surface area contributed by atoms with Gasteiger partial charge in [0.1, 0.15) is 5.75 Å². The van der Waals surface area contributed by atoms with Gasteiger partial charge in [-0.15, -0.1) is 11.6 Å². The van der Waals surface area contributed by atoms with Crippen molar-refractivity contribution < 1.29 is 4.74 Å². The highest BCUT2D eigenvalue weighted by atomic mass is 79.9. The zero-order valence-electron chi connectivity index (χ0n) is 11.1. The number of alkyl halides is 1. The molecular formula is C16H15BrCl2O. The lowest BCUT2D eigenvalue weighted by Crippen LogP contribution is -2.06. The van der Waals surface area contributed by atoms with Crippen LogP contribution in [0.4, 0.5) is 0 Å². The van der Waals surface area contributed by atoms with Crippen LogP contribution in [-0.4, -0.2) is 13.0 Å². The Hall–Kier alpha value is -0.700. The molecule has 106 valence electrons. The molecule has 0 spiro atoms. The maximum Gasteiger partial charge on any atom is 0.122 e. The number of hydrogen-bond acceptors (Lipinski definition) is 1. The van der Waals surface area contributed by atoms with E-state index in [1.165, 1.54) is 5.56 Å². The SMILES string of the molecule is COc1ccc(Br)cc1CC(CCl)c1ccc(Cl)cc1. The number of benzene rings is 2. The summed E-state index contributed by atoms with van der Waals surface area (Å²) >= 11 is 15.6. The number of rotatable bonds is 5. The highest BCUT2D eigenvalue weighted by Crippen LogP contribution is 2.30. The highest BCUT2D eigenvalue weighted by molar-refractivity contribution is 9.10. The van der Waals surface area contributed by atoms with Crippen molar-refractivity contribution in [3.8, 4) is 5.75 Å². The Labute approximate surface area is 138 Å². The second-order valence-corrected chi connectivity index (χ2v) is 6.22. The molecule has 0 bridgehead atoms. The Balaban J connectivity index is 2.26. The van der Waals surface area contributed by atoms with Crippen molar-refractivity contribution in [3.63, 3.8) is 0 Å². The van der Waals surface area contributed by atoms with E-state index in [9.17, 15) is 0 Å². The zero-order chi connectivity index (χ0) is 14.5. The van der Waals surface area contributed by atoms with Crippen LogP contribution in [0.1, 0.15) is 17.0 Å². The second kappa shape index (κ2) is 7.35. The van der Waals surface area contributed by atoms with E-state index in [0.29, 0.717) is 5.88 Å². The van der Waals surface area contributed by atoms with Gasteiger partial charge < -0.3 is 4.74 Å². The summed E-state index contributed by atoms with van der Waals surface area (Å²) in [6.07, 6.45) is 0.827. The van der Waals surface area contributed by atoms with E-state index in [2.05, 4.69) is 22.0 Å². The molecule has 0 aromatic heterocycles. The van der Waals surface area contributed by atoms with Gasteiger partial charge in [0.2, 0.25) is 0 Å². The van der Waals surface area contributed by atoms with Crippen LogP contribution in [0.25, 0.3) is 0 Å². The molecule has 0 N–H and O–H groups in total. The molecule has 0 heterocycles. The van der Waals surface area contributed by atoms with Gasteiger partial charge in [-0.3, -0.25) is 0 Å². The van der Waals surface area contributed by atoms with Gasteiger partial charge in [-0.2, -0.15) is 0 Å². The Morgan fingerprint density at radius 3 is 2.45 bits per heavy atom. The van der Waals surface area contributed by atoms with Crippen LogP contribution in [0.5, 0.6) is 5.75 Å². The van der Waals surface area contributed by atoms with Crippen molar-refractivity contribution in [2.45, 2.75) is 12.3 Å². The van der Waals surface area contributed by atoms with E-state index in [1.54, 1.807) is 7.11 Å². The molecule has 2 rings (SSSR count). The van der Waals surface area contributed by atoms with Crippen LogP contribution in [0.2, 0.25) is 5.02 Å². The van der Waals surface area contributed by atoms with Crippen LogP contribution < -0.4 is 4.74 Å². The molecule has 20 heavy (non-hydrogen) atoms. The average molecular weight is 374 g/mol. The highest BCUT2D eigenvalue weighted by Gasteiger charge is 2.14. The number of ether oxygens (including phenoxy) is 1. The Morgan fingerprint density at radius 1 is 1.15 bits per heavy atom. The van der Waals surface area contributed by atoms with Gasteiger partial charge in [-0.25, -0.2) is 0 Å². The lowest BCUT2D eigenvalue weighted by atomic mass is 9.93. The van der Waals surface area contributed by atoms with Crippen molar-refractivity contribution >= 4 is 39.1 Å². The molecule has 0 saturated heterocycles. The summed E-state index contributed by atoms with van der Waals surface area (Å²) in [5.41, 5.74) is 2.33. The molecule has 0 aliphatic rings. The maximum atomic E-state index is 6.14. The molecule has 0 aliphatic heterocycles.